The molecule has 3 N–H and O–H groups in total. The molecule has 13 heavy (non-hydrogen) atoms. The van der Waals surface area contributed by atoms with Crippen LogP contribution in [0.4, 0.5) is 0 Å². The van der Waals surface area contributed by atoms with Crippen LogP contribution in [0, 0.1) is 0 Å². The number of hydrogen-bond acceptors (Lipinski definition) is 3. The van der Waals surface area contributed by atoms with Gasteiger partial charge < -0.3 is 15.7 Å². The van der Waals surface area contributed by atoms with Crippen molar-refractivity contribution in [3.8, 4) is 0 Å². The fourth-order valence-corrected chi connectivity index (χ4v) is 1.20. The molecule has 0 atom stereocenters. The molecule has 0 unspecified atom stereocenters. The highest BCUT2D eigenvalue weighted by atomic mass is 16.4. The van der Waals surface area contributed by atoms with Crippen molar-refractivity contribution in [2.45, 2.75) is 27.2 Å². The lowest BCUT2D eigenvalue weighted by molar-refractivity contribution is -0.132. The molecular formula is C9H18N2O2. The lowest BCUT2D eigenvalue weighted by atomic mass is 10.2. The number of rotatable bonds is 5. The molecule has 0 aromatic carbocycles. The van der Waals surface area contributed by atoms with Gasteiger partial charge in [-0.15, -0.1) is 0 Å². The first-order valence-electron chi connectivity index (χ1n) is 4.55. The highest BCUT2D eigenvalue weighted by Gasteiger charge is 2.13. The summed E-state index contributed by atoms with van der Waals surface area (Å²) in [6.45, 7) is 7.16. The molecule has 0 amide bonds. The van der Waals surface area contributed by atoms with Crippen LogP contribution in [0.3, 0.4) is 0 Å². The Kier molecular flexibility index (Phi) is 4.96. The van der Waals surface area contributed by atoms with E-state index in [0.717, 1.165) is 13.1 Å². The highest BCUT2D eigenvalue weighted by Crippen LogP contribution is 2.08. The van der Waals surface area contributed by atoms with Gasteiger partial charge in [-0.2, -0.15) is 0 Å². The van der Waals surface area contributed by atoms with Crippen LogP contribution in [0.5, 0.6) is 0 Å². The van der Waals surface area contributed by atoms with Crippen LogP contribution in [-0.4, -0.2) is 29.1 Å². The second kappa shape index (κ2) is 5.45. The minimum absolute atomic E-state index is 0.295. The van der Waals surface area contributed by atoms with E-state index in [1.807, 2.05) is 18.7 Å². The number of hydrogen-bond donors (Lipinski definition) is 2. The van der Waals surface area contributed by atoms with Crippen molar-refractivity contribution in [2.24, 2.45) is 5.73 Å². The summed E-state index contributed by atoms with van der Waals surface area (Å²) in [5.41, 5.74) is 6.01. The highest BCUT2D eigenvalue weighted by molar-refractivity contribution is 5.87. The second-order valence-electron chi connectivity index (χ2n) is 2.69. The molecule has 0 saturated carbocycles. The van der Waals surface area contributed by atoms with Crippen molar-refractivity contribution in [2.75, 3.05) is 13.1 Å². The quantitative estimate of drug-likeness (QED) is 0.628. The summed E-state index contributed by atoms with van der Waals surface area (Å²) < 4.78 is 0. The number of aliphatic carboxylic acids is 1. The van der Waals surface area contributed by atoms with E-state index >= 15 is 0 Å². The standard InChI is InChI=1S/C9H18N2O2/c1-4-7(9(12)13)8(10)11(5-2)6-3/h4-6,10H2,1-3H3,(H,12,13). The van der Waals surface area contributed by atoms with Gasteiger partial charge in [0.05, 0.1) is 5.57 Å². The number of nitrogens with two attached hydrogens (primary N) is 1. The van der Waals surface area contributed by atoms with Gasteiger partial charge in [0.1, 0.15) is 5.82 Å². The van der Waals surface area contributed by atoms with Crippen LogP contribution in [0.1, 0.15) is 27.2 Å². The number of carboxylic acids is 1. The van der Waals surface area contributed by atoms with Gasteiger partial charge in [0.2, 0.25) is 0 Å². The summed E-state index contributed by atoms with van der Waals surface area (Å²) in [6, 6.07) is 0. The first-order chi connectivity index (χ1) is 6.08. The molecule has 0 aliphatic heterocycles. The molecule has 0 fully saturated rings. The summed E-state index contributed by atoms with van der Waals surface area (Å²) in [4.78, 5) is 12.6. The molecule has 4 nitrogen and oxygen atoms in total. The normalized spacial score (nSPS) is 12.2. The van der Waals surface area contributed by atoms with Crippen LogP contribution in [0.25, 0.3) is 0 Å². The van der Waals surface area contributed by atoms with Gasteiger partial charge in [0, 0.05) is 13.1 Å². The smallest absolute Gasteiger partial charge is 0.335 e. The van der Waals surface area contributed by atoms with Crippen LogP contribution in [0.15, 0.2) is 11.4 Å². The second-order valence-corrected chi connectivity index (χ2v) is 2.69. The van der Waals surface area contributed by atoms with E-state index in [-0.39, 0.29) is 0 Å². The molecule has 0 aromatic rings. The van der Waals surface area contributed by atoms with E-state index in [0.29, 0.717) is 17.8 Å². The molecule has 4 heteroatoms. The Morgan fingerprint density at radius 2 is 1.77 bits per heavy atom. The van der Waals surface area contributed by atoms with E-state index < -0.39 is 5.97 Å². The molecule has 0 aliphatic carbocycles. The summed E-state index contributed by atoms with van der Waals surface area (Å²) in [7, 11) is 0. The molecule has 0 aromatic heterocycles. The van der Waals surface area contributed by atoms with Gasteiger partial charge >= 0.3 is 5.97 Å². The van der Waals surface area contributed by atoms with Crippen LogP contribution in [-0.2, 0) is 4.79 Å². The van der Waals surface area contributed by atoms with Crippen LogP contribution in [0.2, 0.25) is 0 Å². The maximum atomic E-state index is 10.7. The van der Waals surface area contributed by atoms with E-state index in [1.165, 1.54) is 0 Å². The maximum absolute atomic E-state index is 10.7. The van der Waals surface area contributed by atoms with Crippen LogP contribution < -0.4 is 5.73 Å². The van der Waals surface area contributed by atoms with Crippen molar-refractivity contribution in [3.05, 3.63) is 11.4 Å². The molecule has 0 bridgehead atoms. The average Bonchev–Trinajstić information content (AvgIpc) is 2.07. The van der Waals surface area contributed by atoms with E-state index in [4.69, 9.17) is 10.8 Å². The fraction of sp³-hybridized carbons (Fsp3) is 0.667. The minimum atomic E-state index is -0.924. The Labute approximate surface area is 79.0 Å². The molecular weight excluding hydrogens is 168 g/mol. The van der Waals surface area contributed by atoms with Gasteiger partial charge in [0.25, 0.3) is 0 Å². The number of nitrogens with zero attached hydrogens (tertiary/aromatic N) is 1. The fourth-order valence-electron chi connectivity index (χ4n) is 1.20. The lowest BCUT2D eigenvalue weighted by Crippen LogP contribution is -2.30. The zero-order chi connectivity index (χ0) is 10.4. The topological polar surface area (TPSA) is 66.6 Å². The van der Waals surface area contributed by atoms with E-state index in [1.54, 1.807) is 6.92 Å². The molecule has 0 saturated heterocycles. The molecule has 0 aliphatic rings. The Hall–Kier alpha value is -1.19. The van der Waals surface area contributed by atoms with Crippen molar-refractivity contribution in [1.29, 1.82) is 0 Å². The van der Waals surface area contributed by atoms with Crippen molar-refractivity contribution in [1.82, 2.24) is 4.90 Å². The zero-order valence-corrected chi connectivity index (χ0v) is 8.50. The summed E-state index contributed by atoms with van der Waals surface area (Å²) in [6.07, 6.45) is 0.456. The third kappa shape index (κ3) is 2.97. The van der Waals surface area contributed by atoms with Crippen molar-refractivity contribution in [3.63, 3.8) is 0 Å². The van der Waals surface area contributed by atoms with Gasteiger partial charge in [-0.1, -0.05) is 6.92 Å². The Balaban J connectivity index is 4.81. The summed E-state index contributed by atoms with van der Waals surface area (Å²) in [5.74, 6) is -0.535. The molecule has 0 rings (SSSR count). The lowest BCUT2D eigenvalue weighted by Gasteiger charge is -2.22. The first-order valence-corrected chi connectivity index (χ1v) is 4.55. The minimum Gasteiger partial charge on any atom is -0.478 e. The third-order valence-corrected chi connectivity index (χ3v) is 2.03. The Morgan fingerprint density at radius 1 is 1.31 bits per heavy atom. The SMILES string of the molecule is CCC(C(=O)O)=C(N)N(CC)CC. The predicted octanol–water partition coefficient (Wildman–Crippen LogP) is 0.993. The van der Waals surface area contributed by atoms with Gasteiger partial charge in [-0.3, -0.25) is 0 Å². The zero-order valence-electron chi connectivity index (χ0n) is 8.50. The summed E-state index contributed by atoms with van der Waals surface area (Å²) >= 11 is 0. The third-order valence-electron chi connectivity index (χ3n) is 2.03. The monoisotopic (exact) mass is 186 g/mol. The van der Waals surface area contributed by atoms with Gasteiger partial charge in [-0.05, 0) is 20.3 Å². The Bertz CT molecular complexity index is 208. The number of carbonyl (C=O) groups is 1. The van der Waals surface area contributed by atoms with E-state index in [9.17, 15) is 4.79 Å². The molecule has 0 spiro atoms. The first kappa shape index (κ1) is 11.8. The van der Waals surface area contributed by atoms with Crippen LogP contribution >= 0.6 is 0 Å². The molecule has 76 valence electrons. The molecule has 0 radical (unpaired) electrons. The average molecular weight is 186 g/mol. The number of carboxylic acid groups (broad SMARTS) is 1. The summed E-state index contributed by atoms with van der Waals surface area (Å²) in [5, 5.41) is 8.82. The van der Waals surface area contributed by atoms with Crippen molar-refractivity contribution >= 4 is 5.97 Å². The van der Waals surface area contributed by atoms with Crippen molar-refractivity contribution < 1.29 is 9.90 Å². The predicted molar refractivity (Wildman–Crippen MR) is 52.1 cm³/mol. The van der Waals surface area contributed by atoms with E-state index in [2.05, 4.69) is 0 Å². The Morgan fingerprint density at radius 3 is 2.00 bits per heavy atom. The van der Waals surface area contributed by atoms with Gasteiger partial charge in [-0.25, -0.2) is 4.79 Å². The molecule has 0 heterocycles. The largest absolute Gasteiger partial charge is 0.478 e. The maximum Gasteiger partial charge on any atom is 0.335 e. The van der Waals surface area contributed by atoms with Gasteiger partial charge in [0.15, 0.2) is 0 Å².